The van der Waals surface area contributed by atoms with Gasteiger partial charge in [0.05, 0.1) is 5.69 Å². The van der Waals surface area contributed by atoms with Crippen molar-refractivity contribution in [2.24, 2.45) is 0 Å². The second-order valence-electron chi connectivity index (χ2n) is 6.06. The zero-order chi connectivity index (χ0) is 18.3. The van der Waals surface area contributed by atoms with Crippen molar-refractivity contribution in [2.45, 2.75) is 20.8 Å². The van der Waals surface area contributed by atoms with Gasteiger partial charge in [0.2, 0.25) is 0 Å². The fourth-order valence-electron chi connectivity index (χ4n) is 2.79. The van der Waals surface area contributed by atoms with Crippen LogP contribution in [0.3, 0.4) is 0 Å². The minimum Gasteiger partial charge on any atom is -0.349 e. The second kappa shape index (κ2) is 6.54. The van der Waals surface area contributed by atoms with Gasteiger partial charge in [-0.15, -0.1) is 0 Å². The van der Waals surface area contributed by atoms with E-state index in [4.69, 9.17) is 23.2 Å². The number of imide groups is 1. The molecule has 128 valence electrons. The molecule has 0 unspecified atom stereocenters. The molecule has 2 aromatic carbocycles. The van der Waals surface area contributed by atoms with Gasteiger partial charge in [-0.25, -0.2) is 4.90 Å². The Hall–Kier alpha value is -2.30. The van der Waals surface area contributed by atoms with E-state index in [1.165, 1.54) is 0 Å². The van der Waals surface area contributed by atoms with Crippen LogP contribution in [0.1, 0.15) is 16.7 Å². The third-order valence-electron chi connectivity index (χ3n) is 3.95. The number of hydrogen-bond acceptors (Lipinski definition) is 3. The molecule has 0 atom stereocenters. The van der Waals surface area contributed by atoms with E-state index >= 15 is 0 Å². The van der Waals surface area contributed by atoms with Crippen LogP contribution in [0.5, 0.6) is 0 Å². The largest absolute Gasteiger partial charge is 0.349 e. The lowest BCUT2D eigenvalue weighted by Gasteiger charge is -2.17. The average molecular weight is 375 g/mol. The molecule has 0 aliphatic carbocycles. The molecular weight excluding hydrogens is 359 g/mol. The SMILES string of the molecule is Cc1cc(C)cc(N2C(=O)C(Cl)=C(Nc3cc(Cl)ccc3C)C2=O)c1. The summed E-state index contributed by atoms with van der Waals surface area (Å²) in [7, 11) is 0. The van der Waals surface area contributed by atoms with Crippen molar-refractivity contribution in [2.75, 3.05) is 10.2 Å². The number of halogens is 2. The standard InChI is InChI=1S/C19H16Cl2N2O2/c1-10-6-11(2)8-14(7-10)23-18(24)16(21)17(19(23)25)22-15-9-13(20)5-4-12(15)3/h4-9,22H,1-3H3. The Kier molecular flexibility index (Phi) is 4.58. The fraction of sp³-hybridized carbons (Fsp3) is 0.158. The zero-order valence-electron chi connectivity index (χ0n) is 14.0. The first-order valence-electron chi connectivity index (χ1n) is 7.68. The van der Waals surface area contributed by atoms with Gasteiger partial charge in [-0.3, -0.25) is 9.59 Å². The van der Waals surface area contributed by atoms with Crippen molar-refractivity contribution in [1.29, 1.82) is 0 Å². The minimum atomic E-state index is -0.543. The van der Waals surface area contributed by atoms with Gasteiger partial charge in [0.1, 0.15) is 10.7 Å². The van der Waals surface area contributed by atoms with Crippen LogP contribution in [0.25, 0.3) is 0 Å². The van der Waals surface area contributed by atoms with Crippen molar-refractivity contribution in [3.05, 3.63) is 68.8 Å². The Bertz CT molecular complexity index is 915. The molecule has 1 aliphatic heterocycles. The zero-order valence-corrected chi connectivity index (χ0v) is 15.5. The summed E-state index contributed by atoms with van der Waals surface area (Å²) in [5.41, 5.74) is 3.98. The molecule has 4 nitrogen and oxygen atoms in total. The molecule has 1 heterocycles. The van der Waals surface area contributed by atoms with Gasteiger partial charge in [0.25, 0.3) is 11.8 Å². The van der Waals surface area contributed by atoms with Gasteiger partial charge in [-0.05, 0) is 61.7 Å². The van der Waals surface area contributed by atoms with Crippen molar-refractivity contribution in [3.63, 3.8) is 0 Å². The third kappa shape index (κ3) is 3.28. The molecule has 3 rings (SSSR count). The highest BCUT2D eigenvalue weighted by Gasteiger charge is 2.39. The number of nitrogens with zero attached hydrogens (tertiary/aromatic N) is 1. The molecule has 0 radical (unpaired) electrons. The van der Waals surface area contributed by atoms with E-state index in [0.29, 0.717) is 16.4 Å². The number of carbonyl (C=O) groups is 2. The summed E-state index contributed by atoms with van der Waals surface area (Å²) < 4.78 is 0. The lowest BCUT2D eigenvalue weighted by atomic mass is 10.1. The van der Waals surface area contributed by atoms with E-state index in [-0.39, 0.29) is 10.7 Å². The molecule has 0 saturated carbocycles. The summed E-state index contributed by atoms with van der Waals surface area (Å²) >= 11 is 12.2. The Morgan fingerprint density at radius 1 is 0.880 bits per heavy atom. The highest BCUT2D eigenvalue weighted by atomic mass is 35.5. The number of nitrogens with one attached hydrogen (secondary N) is 1. The van der Waals surface area contributed by atoms with Crippen LogP contribution in [-0.4, -0.2) is 11.8 Å². The van der Waals surface area contributed by atoms with Crippen molar-refractivity contribution in [1.82, 2.24) is 0 Å². The Morgan fingerprint density at radius 2 is 1.52 bits per heavy atom. The number of carbonyl (C=O) groups excluding carboxylic acids is 2. The number of rotatable bonds is 3. The molecule has 25 heavy (non-hydrogen) atoms. The van der Waals surface area contributed by atoms with Crippen LogP contribution in [-0.2, 0) is 9.59 Å². The molecule has 2 aromatic rings. The van der Waals surface area contributed by atoms with E-state index in [1.54, 1.807) is 24.3 Å². The van der Waals surface area contributed by atoms with E-state index in [2.05, 4.69) is 5.32 Å². The molecule has 0 fully saturated rings. The number of benzene rings is 2. The monoisotopic (exact) mass is 374 g/mol. The van der Waals surface area contributed by atoms with Crippen molar-refractivity contribution in [3.8, 4) is 0 Å². The molecule has 1 N–H and O–H groups in total. The predicted octanol–water partition coefficient (Wildman–Crippen LogP) is 4.70. The first kappa shape index (κ1) is 17.5. The number of aryl methyl sites for hydroxylation is 3. The molecule has 0 spiro atoms. The van der Waals surface area contributed by atoms with Crippen LogP contribution >= 0.6 is 23.2 Å². The van der Waals surface area contributed by atoms with Crippen LogP contribution in [0.2, 0.25) is 5.02 Å². The van der Waals surface area contributed by atoms with E-state index in [9.17, 15) is 9.59 Å². The quantitative estimate of drug-likeness (QED) is 0.791. The number of anilines is 2. The topological polar surface area (TPSA) is 49.4 Å². The highest BCUT2D eigenvalue weighted by Crippen LogP contribution is 2.32. The van der Waals surface area contributed by atoms with Crippen LogP contribution in [0.4, 0.5) is 11.4 Å². The molecule has 6 heteroatoms. The van der Waals surface area contributed by atoms with Gasteiger partial charge in [-0.1, -0.05) is 35.3 Å². The smallest absolute Gasteiger partial charge is 0.283 e. The minimum absolute atomic E-state index is 0.0520. The van der Waals surface area contributed by atoms with Crippen LogP contribution < -0.4 is 10.2 Å². The van der Waals surface area contributed by atoms with Gasteiger partial charge in [-0.2, -0.15) is 0 Å². The van der Waals surface area contributed by atoms with Crippen molar-refractivity contribution >= 4 is 46.4 Å². The average Bonchev–Trinajstić information content (AvgIpc) is 2.73. The Balaban J connectivity index is 1.98. The number of hydrogen-bond donors (Lipinski definition) is 1. The molecule has 1 aliphatic rings. The maximum absolute atomic E-state index is 12.8. The Labute approximate surface area is 156 Å². The molecule has 2 amide bonds. The summed E-state index contributed by atoms with van der Waals surface area (Å²) in [6, 6.07) is 10.8. The maximum Gasteiger partial charge on any atom is 0.283 e. The summed E-state index contributed by atoms with van der Waals surface area (Å²) in [5, 5.41) is 3.35. The summed E-state index contributed by atoms with van der Waals surface area (Å²) in [6.45, 7) is 5.69. The normalized spacial score (nSPS) is 14.5. The summed E-state index contributed by atoms with van der Waals surface area (Å²) in [4.78, 5) is 26.4. The van der Waals surface area contributed by atoms with Gasteiger partial charge >= 0.3 is 0 Å². The Morgan fingerprint density at radius 3 is 2.16 bits per heavy atom. The van der Waals surface area contributed by atoms with E-state index in [0.717, 1.165) is 21.6 Å². The highest BCUT2D eigenvalue weighted by molar-refractivity contribution is 6.53. The number of amides is 2. The first-order chi connectivity index (χ1) is 11.8. The molecular formula is C19H16Cl2N2O2. The third-order valence-corrected chi connectivity index (χ3v) is 4.54. The molecule has 0 bridgehead atoms. The van der Waals surface area contributed by atoms with Crippen LogP contribution in [0, 0.1) is 20.8 Å². The van der Waals surface area contributed by atoms with E-state index in [1.807, 2.05) is 32.9 Å². The molecule has 0 saturated heterocycles. The van der Waals surface area contributed by atoms with Crippen LogP contribution in [0.15, 0.2) is 47.1 Å². The maximum atomic E-state index is 12.8. The van der Waals surface area contributed by atoms with Gasteiger partial charge in [0.15, 0.2) is 0 Å². The summed E-state index contributed by atoms with van der Waals surface area (Å²) in [5.74, 6) is -1.03. The lowest BCUT2D eigenvalue weighted by molar-refractivity contribution is -0.120. The van der Waals surface area contributed by atoms with Crippen molar-refractivity contribution < 1.29 is 9.59 Å². The lowest BCUT2D eigenvalue weighted by Crippen LogP contribution is -2.32. The van der Waals surface area contributed by atoms with E-state index < -0.39 is 11.8 Å². The first-order valence-corrected chi connectivity index (χ1v) is 8.43. The predicted molar refractivity (Wildman–Crippen MR) is 101 cm³/mol. The fourth-order valence-corrected chi connectivity index (χ4v) is 3.17. The van der Waals surface area contributed by atoms with Gasteiger partial charge in [0, 0.05) is 10.7 Å². The second-order valence-corrected chi connectivity index (χ2v) is 6.88. The van der Waals surface area contributed by atoms with Gasteiger partial charge < -0.3 is 5.32 Å². The molecule has 0 aromatic heterocycles. The summed E-state index contributed by atoms with van der Waals surface area (Å²) in [6.07, 6.45) is 0.